The van der Waals surface area contributed by atoms with Crippen LogP contribution in [0.5, 0.6) is 0 Å². The summed E-state index contributed by atoms with van der Waals surface area (Å²) in [7, 11) is 0. The van der Waals surface area contributed by atoms with Gasteiger partial charge in [0.25, 0.3) is 5.56 Å². The SMILES string of the molecule is Cl.O=c1cc(-c2ccc(C(F)(F)F)cc2)ccn1-c1ccc2c(cnn2CC2CCCN2)c1. The zero-order valence-electron chi connectivity index (χ0n) is 17.5. The molecule has 0 amide bonds. The summed E-state index contributed by atoms with van der Waals surface area (Å²) in [6.07, 6.45) is 1.38. The van der Waals surface area contributed by atoms with E-state index in [2.05, 4.69) is 10.4 Å². The van der Waals surface area contributed by atoms with Crippen LogP contribution in [0.4, 0.5) is 13.2 Å². The molecule has 3 heterocycles. The molecule has 1 aliphatic heterocycles. The minimum absolute atomic E-state index is 0. The normalized spacial score (nSPS) is 16.2. The number of alkyl halides is 3. The number of aromatic nitrogens is 3. The van der Waals surface area contributed by atoms with E-state index in [0.717, 1.165) is 42.5 Å². The molecular formula is C24H22ClF3N4O. The van der Waals surface area contributed by atoms with Crippen LogP contribution in [0.1, 0.15) is 18.4 Å². The molecule has 1 fully saturated rings. The monoisotopic (exact) mass is 474 g/mol. The second-order valence-electron chi connectivity index (χ2n) is 8.06. The minimum atomic E-state index is -4.39. The Bertz CT molecular complexity index is 1320. The summed E-state index contributed by atoms with van der Waals surface area (Å²) in [5, 5.41) is 8.92. The van der Waals surface area contributed by atoms with Gasteiger partial charge in [0.15, 0.2) is 0 Å². The number of benzene rings is 2. The summed E-state index contributed by atoms with van der Waals surface area (Å²) in [6.45, 7) is 1.85. The number of nitrogens with one attached hydrogen (secondary N) is 1. The fourth-order valence-electron chi connectivity index (χ4n) is 4.21. The van der Waals surface area contributed by atoms with Crippen LogP contribution in [0, 0.1) is 0 Å². The Morgan fingerprint density at radius 1 is 1.03 bits per heavy atom. The number of hydrogen-bond donors (Lipinski definition) is 1. The summed E-state index contributed by atoms with van der Waals surface area (Å²) >= 11 is 0. The Balaban J connectivity index is 0.00000259. The molecule has 1 atom stereocenters. The number of nitrogens with zero attached hydrogens (tertiary/aromatic N) is 3. The smallest absolute Gasteiger partial charge is 0.312 e. The number of rotatable bonds is 4. The minimum Gasteiger partial charge on any atom is -0.312 e. The van der Waals surface area contributed by atoms with Crippen LogP contribution in [-0.2, 0) is 12.7 Å². The van der Waals surface area contributed by atoms with Gasteiger partial charge in [-0.2, -0.15) is 18.3 Å². The topological polar surface area (TPSA) is 51.9 Å². The van der Waals surface area contributed by atoms with E-state index in [1.807, 2.05) is 22.9 Å². The van der Waals surface area contributed by atoms with Crippen LogP contribution >= 0.6 is 12.4 Å². The van der Waals surface area contributed by atoms with Crippen molar-refractivity contribution in [2.75, 3.05) is 6.54 Å². The maximum absolute atomic E-state index is 12.8. The van der Waals surface area contributed by atoms with Crippen molar-refractivity contribution < 1.29 is 13.2 Å². The molecule has 172 valence electrons. The molecular weight excluding hydrogens is 453 g/mol. The van der Waals surface area contributed by atoms with Crippen LogP contribution in [0.15, 0.2) is 71.8 Å². The third-order valence-electron chi connectivity index (χ3n) is 5.92. The molecule has 4 aromatic rings. The summed E-state index contributed by atoms with van der Waals surface area (Å²) in [5.74, 6) is 0. The predicted octanol–water partition coefficient (Wildman–Crippen LogP) is 5.05. The molecule has 0 spiro atoms. The van der Waals surface area contributed by atoms with Crippen molar-refractivity contribution in [2.24, 2.45) is 0 Å². The molecule has 33 heavy (non-hydrogen) atoms. The van der Waals surface area contributed by atoms with Crippen molar-refractivity contribution in [1.82, 2.24) is 19.7 Å². The van der Waals surface area contributed by atoms with E-state index in [1.54, 1.807) is 18.5 Å². The van der Waals surface area contributed by atoms with E-state index < -0.39 is 11.7 Å². The van der Waals surface area contributed by atoms with Gasteiger partial charge in [-0.1, -0.05) is 12.1 Å². The van der Waals surface area contributed by atoms with E-state index in [4.69, 9.17) is 0 Å². The molecule has 1 saturated heterocycles. The van der Waals surface area contributed by atoms with Crippen LogP contribution in [0.3, 0.4) is 0 Å². The van der Waals surface area contributed by atoms with Gasteiger partial charge in [0.05, 0.1) is 23.8 Å². The van der Waals surface area contributed by atoms with Crippen LogP contribution in [0.25, 0.3) is 27.7 Å². The highest BCUT2D eigenvalue weighted by atomic mass is 35.5. The first-order valence-corrected chi connectivity index (χ1v) is 10.5. The van der Waals surface area contributed by atoms with Crippen LogP contribution in [-0.4, -0.2) is 26.9 Å². The molecule has 1 aliphatic rings. The number of fused-ring (bicyclic) bond motifs is 1. The molecule has 2 aromatic heterocycles. The van der Waals surface area contributed by atoms with E-state index in [0.29, 0.717) is 22.9 Å². The van der Waals surface area contributed by atoms with Gasteiger partial charge in [-0.05, 0) is 66.9 Å². The average molecular weight is 475 g/mol. The maximum Gasteiger partial charge on any atom is 0.416 e. The molecule has 0 aliphatic carbocycles. The van der Waals surface area contributed by atoms with Crippen LogP contribution in [0.2, 0.25) is 0 Å². The summed E-state index contributed by atoms with van der Waals surface area (Å²) in [4.78, 5) is 12.8. The maximum atomic E-state index is 12.8. The van der Waals surface area contributed by atoms with Crippen molar-refractivity contribution in [3.63, 3.8) is 0 Å². The first kappa shape index (κ1) is 23.1. The van der Waals surface area contributed by atoms with Gasteiger partial charge >= 0.3 is 6.18 Å². The third kappa shape index (κ3) is 4.67. The van der Waals surface area contributed by atoms with E-state index >= 15 is 0 Å². The first-order chi connectivity index (χ1) is 15.4. The second-order valence-corrected chi connectivity index (χ2v) is 8.06. The van der Waals surface area contributed by atoms with Gasteiger partial charge in [-0.3, -0.25) is 14.0 Å². The molecule has 5 nitrogen and oxygen atoms in total. The van der Waals surface area contributed by atoms with Crippen LogP contribution < -0.4 is 10.9 Å². The molecule has 1 unspecified atom stereocenters. The fourth-order valence-corrected chi connectivity index (χ4v) is 4.21. The lowest BCUT2D eigenvalue weighted by atomic mass is 10.0. The zero-order chi connectivity index (χ0) is 22.3. The lowest BCUT2D eigenvalue weighted by Gasteiger charge is -2.12. The van der Waals surface area contributed by atoms with Gasteiger partial charge in [0.2, 0.25) is 0 Å². The number of hydrogen-bond acceptors (Lipinski definition) is 3. The Morgan fingerprint density at radius 2 is 1.82 bits per heavy atom. The summed E-state index contributed by atoms with van der Waals surface area (Å²) in [6, 6.07) is 14.1. The lowest BCUT2D eigenvalue weighted by Crippen LogP contribution is -2.27. The van der Waals surface area contributed by atoms with E-state index in [1.165, 1.54) is 29.2 Å². The largest absolute Gasteiger partial charge is 0.416 e. The van der Waals surface area contributed by atoms with Gasteiger partial charge < -0.3 is 5.32 Å². The number of halogens is 4. The highest BCUT2D eigenvalue weighted by Crippen LogP contribution is 2.30. The van der Waals surface area contributed by atoms with Gasteiger partial charge in [-0.25, -0.2) is 0 Å². The molecule has 0 radical (unpaired) electrons. The molecule has 9 heteroatoms. The molecule has 5 rings (SSSR count). The zero-order valence-corrected chi connectivity index (χ0v) is 18.4. The number of pyridine rings is 1. The highest BCUT2D eigenvalue weighted by molar-refractivity contribution is 5.85. The highest BCUT2D eigenvalue weighted by Gasteiger charge is 2.30. The van der Waals surface area contributed by atoms with Gasteiger partial charge in [0.1, 0.15) is 0 Å². The molecule has 2 aromatic carbocycles. The predicted molar refractivity (Wildman–Crippen MR) is 124 cm³/mol. The Kier molecular flexibility index (Phi) is 6.32. The van der Waals surface area contributed by atoms with Crippen molar-refractivity contribution in [3.8, 4) is 16.8 Å². The van der Waals surface area contributed by atoms with Gasteiger partial charge in [0, 0.05) is 29.4 Å². The van der Waals surface area contributed by atoms with Crippen molar-refractivity contribution in [1.29, 1.82) is 0 Å². The summed E-state index contributed by atoms with van der Waals surface area (Å²) < 4.78 is 41.8. The van der Waals surface area contributed by atoms with Crippen molar-refractivity contribution >= 4 is 23.3 Å². The Morgan fingerprint density at radius 3 is 2.48 bits per heavy atom. The Hall–Kier alpha value is -3.10. The lowest BCUT2D eigenvalue weighted by molar-refractivity contribution is -0.137. The molecule has 1 N–H and O–H groups in total. The first-order valence-electron chi connectivity index (χ1n) is 10.5. The quantitative estimate of drug-likeness (QED) is 0.450. The van der Waals surface area contributed by atoms with E-state index in [9.17, 15) is 18.0 Å². The van der Waals surface area contributed by atoms with E-state index in [-0.39, 0.29) is 18.0 Å². The standard InChI is InChI=1S/C24H21F3N4O.ClH/c25-24(26,27)19-5-3-16(4-6-19)17-9-11-30(23(32)13-17)21-7-8-22-18(12-21)14-29-31(22)15-20-2-1-10-28-20;/h3-9,11-14,20,28H,1-2,10,15H2;1H. The Labute approximate surface area is 194 Å². The van der Waals surface area contributed by atoms with Crippen molar-refractivity contribution in [3.05, 3.63) is 82.9 Å². The molecule has 0 saturated carbocycles. The molecule has 0 bridgehead atoms. The fraction of sp³-hybridized carbons (Fsp3) is 0.250. The summed E-state index contributed by atoms with van der Waals surface area (Å²) in [5.41, 5.74) is 1.87. The second kappa shape index (κ2) is 9.03. The van der Waals surface area contributed by atoms with Gasteiger partial charge in [-0.15, -0.1) is 12.4 Å². The third-order valence-corrected chi connectivity index (χ3v) is 5.92. The van der Waals surface area contributed by atoms with Crippen molar-refractivity contribution in [2.45, 2.75) is 31.6 Å². The average Bonchev–Trinajstić information content (AvgIpc) is 3.43.